The SMILES string of the molecule is CC1CC(C)CN(C(=O)c2nc3c(o2)CCN(CC(=O)N(C)C)C3)C1. The third-order valence-electron chi connectivity index (χ3n) is 5.00. The van der Waals surface area contributed by atoms with Gasteiger partial charge in [-0.25, -0.2) is 4.98 Å². The lowest BCUT2D eigenvalue weighted by molar-refractivity contribution is -0.130. The predicted octanol–water partition coefficient (Wildman–Crippen LogP) is 1.24. The monoisotopic (exact) mass is 348 g/mol. The van der Waals surface area contributed by atoms with Gasteiger partial charge in [0.05, 0.1) is 12.2 Å². The van der Waals surface area contributed by atoms with Crippen LogP contribution < -0.4 is 0 Å². The molecule has 0 aromatic carbocycles. The molecule has 2 aliphatic heterocycles. The van der Waals surface area contributed by atoms with Crippen LogP contribution in [0.2, 0.25) is 0 Å². The van der Waals surface area contributed by atoms with Gasteiger partial charge in [0.25, 0.3) is 5.89 Å². The summed E-state index contributed by atoms with van der Waals surface area (Å²) in [5.74, 6) is 1.96. The summed E-state index contributed by atoms with van der Waals surface area (Å²) in [5, 5.41) is 0. The average molecular weight is 348 g/mol. The Labute approximate surface area is 149 Å². The highest BCUT2D eigenvalue weighted by Gasteiger charge is 2.31. The zero-order valence-electron chi connectivity index (χ0n) is 15.6. The maximum atomic E-state index is 12.8. The second-order valence-electron chi connectivity index (χ2n) is 7.79. The van der Waals surface area contributed by atoms with Crippen molar-refractivity contribution in [1.29, 1.82) is 0 Å². The summed E-state index contributed by atoms with van der Waals surface area (Å²) in [6, 6.07) is 0. The lowest BCUT2D eigenvalue weighted by Crippen LogP contribution is -2.42. The van der Waals surface area contributed by atoms with Crippen molar-refractivity contribution in [3.63, 3.8) is 0 Å². The Morgan fingerprint density at radius 3 is 2.56 bits per heavy atom. The lowest BCUT2D eigenvalue weighted by atomic mass is 9.92. The maximum Gasteiger partial charge on any atom is 0.309 e. The van der Waals surface area contributed by atoms with Gasteiger partial charge < -0.3 is 14.2 Å². The zero-order valence-corrected chi connectivity index (χ0v) is 15.6. The molecule has 0 saturated carbocycles. The molecule has 0 aliphatic carbocycles. The van der Waals surface area contributed by atoms with Gasteiger partial charge >= 0.3 is 5.91 Å². The first kappa shape index (κ1) is 17.9. The molecular formula is C18H28N4O3. The standard InChI is InChI=1S/C18H28N4O3/c1-12-7-13(2)9-22(8-12)18(24)17-19-14-10-21(6-5-15(14)25-17)11-16(23)20(3)4/h12-13H,5-11H2,1-4H3. The molecule has 7 nitrogen and oxygen atoms in total. The van der Waals surface area contributed by atoms with E-state index in [1.54, 1.807) is 19.0 Å². The van der Waals surface area contributed by atoms with Crippen molar-refractivity contribution in [2.45, 2.75) is 33.2 Å². The van der Waals surface area contributed by atoms with E-state index in [1.165, 1.54) is 0 Å². The molecule has 138 valence electrons. The molecule has 7 heteroatoms. The van der Waals surface area contributed by atoms with Crippen molar-refractivity contribution in [3.05, 3.63) is 17.3 Å². The largest absolute Gasteiger partial charge is 0.437 e. The van der Waals surface area contributed by atoms with Crippen LogP contribution in [0.25, 0.3) is 0 Å². The van der Waals surface area contributed by atoms with Crippen LogP contribution in [-0.4, -0.2) is 71.8 Å². The van der Waals surface area contributed by atoms with E-state index in [0.29, 0.717) is 31.3 Å². The summed E-state index contributed by atoms with van der Waals surface area (Å²) in [5.41, 5.74) is 0.791. The maximum absolute atomic E-state index is 12.8. The number of hydrogen-bond acceptors (Lipinski definition) is 5. The van der Waals surface area contributed by atoms with Crippen molar-refractivity contribution in [1.82, 2.24) is 19.7 Å². The average Bonchev–Trinajstić information content (AvgIpc) is 2.96. The number of fused-ring (bicyclic) bond motifs is 1. The van der Waals surface area contributed by atoms with Crippen LogP contribution in [0.3, 0.4) is 0 Å². The number of rotatable bonds is 3. The molecule has 3 heterocycles. The highest BCUT2D eigenvalue weighted by molar-refractivity contribution is 5.89. The first-order chi connectivity index (χ1) is 11.8. The van der Waals surface area contributed by atoms with E-state index in [4.69, 9.17) is 4.42 Å². The van der Waals surface area contributed by atoms with Crippen molar-refractivity contribution >= 4 is 11.8 Å². The molecule has 2 unspecified atom stereocenters. The highest BCUT2D eigenvalue weighted by Crippen LogP contribution is 2.24. The number of amides is 2. The van der Waals surface area contributed by atoms with E-state index < -0.39 is 0 Å². The molecule has 0 bridgehead atoms. The topological polar surface area (TPSA) is 69.9 Å². The van der Waals surface area contributed by atoms with Gasteiger partial charge in [0, 0.05) is 46.7 Å². The molecule has 1 saturated heterocycles. The van der Waals surface area contributed by atoms with E-state index in [1.807, 2.05) is 9.80 Å². The van der Waals surface area contributed by atoms with Crippen LogP contribution in [0.5, 0.6) is 0 Å². The molecule has 1 aromatic rings. The van der Waals surface area contributed by atoms with Gasteiger partial charge in [0.1, 0.15) is 5.76 Å². The van der Waals surface area contributed by atoms with E-state index >= 15 is 0 Å². The van der Waals surface area contributed by atoms with Crippen LogP contribution in [0.4, 0.5) is 0 Å². The molecule has 2 aliphatic rings. The van der Waals surface area contributed by atoms with Crippen molar-refractivity contribution in [3.8, 4) is 0 Å². The van der Waals surface area contributed by atoms with Crippen LogP contribution in [0, 0.1) is 11.8 Å². The van der Waals surface area contributed by atoms with Crippen molar-refractivity contribution in [2.24, 2.45) is 11.8 Å². The molecule has 2 amide bonds. The number of carbonyl (C=O) groups excluding carboxylic acids is 2. The van der Waals surface area contributed by atoms with Crippen LogP contribution >= 0.6 is 0 Å². The summed E-state index contributed by atoms with van der Waals surface area (Å²) < 4.78 is 5.77. The highest BCUT2D eigenvalue weighted by atomic mass is 16.4. The minimum atomic E-state index is -0.108. The van der Waals surface area contributed by atoms with Gasteiger partial charge in [-0.2, -0.15) is 0 Å². The first-order valence-corrected chi connectivity index (χ1v) is 9.03. The third kappa shape index (κ3) is 4.03. The van der Waals surface area contributed by atoms with Gasteiger partial charge in [0.2, 0.25) is 5.91 Å². The Morgan fingerprint density at radius 2 is 1.92 bits per heavy atom. The third-order valence-corrected chi connectivity index (χ3v) is 5.00. The summed E-state index contributed by atoms with van der Waals surface area (Å²) in [7, 11) is 3.51. The van der Waals surface area contributed by atoms with Crippen molar-refractivity contribution < 1.29 is 14.0 Å². The number of nitrogens with zero attached hydrogens (tertiary/aromatic N) is 4. The summed E-state index contributed by atoms with van der Waals surface area (Å²) in [6.45, 7) is 7.54. The van der Waals surface area contributed by atoms with Crippen LogP contribution in [0.1, 0.15) is 42.4 Å². The number of piperidine rings is 1. The minimum Gasteiger partial charge on any atom is -0.437 e. The summed E-state index contributed by atoms with van der Waals surface area (Å²) >= 11 is 0. The van der Waals surface area contributed by atoms with Gasteiger partial charge in [-0.15, -0.1) is 0 Å². The molecule has 1 aromatic heterocycles. The fourth-order valence-corrected chi connectivity index (χ4v) is 3.78. The first-order valence-electron chi connectivity index (χ1n) is 9.03. The summed E-state index contributed by atoms with van der Waals surface area (Å²) in [6.07, 6.45) is 1.84. The van der Waals surface area contributed by atoms with E-state index in [9.17, 15) is 9.59 Å². The van der Waals surface area contributed by atoms with E-state index in [-0.39, 0.29) is 17.7 Å². The minimum absolute atomic E-state index is 0.0690. The quantitative estimate of drug-likeness (QED) is 0.822. The number of hydrogen-bond donors (Lipinski definition) is 0. The molecule has 1 fully saturated rings. The van der Waals surface area contributed by atoms with E-state index in [2.05, 4.69) is 18.8 Å². The zero-order chi connectivity index (χ0) is 18.1. The second-order valence-corrected chi connectivity index (χ2v) is 7.79. The Balaban J connectivity index is 1.67. The predicted molar refractivity (Wildman–Crippen MR) is 93.0 cm³/mol. The van der Waals surface area contributed by atoms with Gasteiger partial charge in [-0.3, -0.25) is 14.5 Å². The fourth-order valence-electron chi connectivity index (χ4n) is 3.78. The molecular weight excluding hydrogens is 320 g/mol. The van der Waals surface area contributed by atoms with Gasteiger partial charge in [0.15, 0.2) is 0 Å². The number of carbonyl (C=O) groups is 2. The molecule has 0 N–H and O–H groups in total. The fraction of sp³-hybridized carbons (Fsp3) is 0.722. The Morgan fingerprint density at radius 1 is 1.24 bits per heavy atom. The second kappa shape index (κ2) is 7.15. The molecule has 0 radical (unpaired) electrons. The molecule has 25 heavy (non-hydrogen) atoms. The van der Waals surface area contributed by atoms with Crippen LogP contribution in [-0.2, 0) is 17.8 Å². The van der Waals surface area contributed by atoms with Crippen molar-refractivity contribution in [2.75, 3.05) is 40.3 Å². The summed E-state index contributed by atoms with van der Waals surface area (Å²) in [4.78, 5) is 34.6. The van der Waals surface area contributed by atoms with E-state index in [0.717, 1.165) is 37.5 Å². The van der Waals surface area contributed by atoms with Gasteiger partial charge in [-0.1, -0.05) is 13.8 Å². The van der Waals surface area contributed by atoms with Gasteiger partial charge in [-0.05, 0) is 18.3 Å². The Hall–Kier alpha value is -1.89. The number of likely N-dealkylation sites (tertiary alicyclic amines) is 1. The Kier molecular flexibility index (Phi) is 5.13. The van der Waals surface area contributed by atoms with Crippen LogP contribution in [0.15, 0.2) is 4.42 Å². The Bertz CT molecular complexity index is 645. The lowest BCUT2D eigenvalue weighted by Gasteiger charge is -2.34. The normalized spacial score (nSPS) is 24.1. The number of aromatic nitrogens is 1. The molecule has 0 spiro atoms. The molecule has 2 atom stereocenters. The number of likely N-dealkylation sites (N-methyl/N-ethyl adjacent to an activating group) is 1. The number of oxazole rings is 1. The molecule has 3 rings (SSSR count). The smallest absolute Gasteiger partial charge is 0.309 e.